The van der Waals surface area contributed by atoms with Crippen molar-refractivity contribution in [3.63, 3.8) is 0 Å². The summed E-state index contributed by atoms with van der Waals surface area (Å²) in [5.41, 5.74) is 0.820. The van der Waals surface area contributed by atoms with Gasteiger partial charge in [-0.15, -0.1) is 0 Å². The van der Waals surface area contributed by atoms with Crippen LogP contribution in [0.4, 0.5) is 0 Å². The molecule has 2 heterocycles. The Kier molecular flexibility index (Phi) is 30.3. The smallest absolute Gasteiger partial charge is 0.342 e. The van der Waals surface area contributed by atoms with Crippen LogP contribution in [0, 0.1) is 0 Å². The van der Waals surface area contributed by atoms with Crippen LogP contribution >= 0.6 is 0 Å². The van der Waals surface area contributed by atoms with Crippen LogP contribution < -0.4 is 9.47 Å². The first-order valence-electron chi connectivity index (χ1n) is 25.5. The zero-order valence-electron chi connectivity index (χ0n) is 43.4. The number of carbonyl (C=O) groups excluding carboxylic acids is 7. The minimum absolute atomic E-state index is 0. The van der Waals surface area contributed by atoms with Gasteiger partial charge in [0, 0.05) is 38.5 Å². The molecule has 0 aromatic heterocycles. The van der Waals surface area contributed by atoms with Crippen molar-refractivity contribution < 1.29 is 95.6 Å². The predicted molar refractivity (Wildman–Crippen MR) is 278 cm³/mol. The fourth-order valence-electron chi connectivity index (χ4n) is 7.49. The zero-order chi connectivity index (χ0) is 54.7. The van der Waals surface area contributed by atoms with E-state index < -0.39 is 97.0 Å². The van der Waals surface area contributed by atoms with Crippen LogP contribution in [0.5, 0.6) is 11.5 Å². The third kappa shape index (κ3) is 21.5. The summed E-state index contributed by atoms with van der Waals surface area (Å²) in [6, 6.07) is 21.6. The maximum Gasteiger partial charge on any atom is 0.342 e. The van der Waals surface area contributed by atoms with E-state index >= 15 is 0 Å². The Hall–Kier alpha value is -7.06. The third-order valence-corrected chi connectivity index (χ3v) is 11.1. The highest BCUT2D eigenvalue weighted by molar-refractivity contribution is 5.92. The summed E-state index contributed by atoms with van der Waals surface area (Å²) < 4.78 is 62.6. The highest BCUT2D eigenvalue weighted by Gasteiger charge is 2.50. The van der Waals surface area contributed by atoms with Crippen LogP contribution in [0.3, 0.4) is 0 Å². The molecule has 2 saturated heterocycles. The molecule has 426 valence electrons. The molecular formula is C57H78O20. The van der Waals surface area contributed by atoms with Gasteiger partial charge in [0.05, 0.1) is 13.2 Å². The molecule has 0 saturated carbocycles. The molecule has 0 radical (unpaired) electrons. The van der Waals surface area contributed by atoms with Crippen LogP contribution in [-0.2, 0) is 78.0 Å². The second kappa shape index (κ2) is 35.3. The van der Waals surface area contributed by atoms with Crippen LogP contribution in [-0.4, -0.2) is 115 Å². The van der Waals surface area contributed by atoms with Crippen molar-refractivity contribution in [1.82, 2.24) is 0 Å². The van der Waals surface area contributed by atoms with Crippen molar-refractivity contribution in [2.75, 3.05) is 13.2 Å². The van der Waals surface area contributed by atoms with Gasteiger partial charge >= 0.3 is 47.8 Å². The van der Waals surface area contributed by atoms with Crippen molar-refractivity contribution in [3.8, 4) is 11.5 Å². The van der Waals surface area contributed by atoms with Crippen molar-refractivity contribution in [2.24, 2.45) is 0 Å². The summed E-state index contributed by atoms with van der Waals surface area (Å²) in [6.45, 7) is 10.6. The third-order valence-electron chi connectivity index (χ3n) is 11.1. The van der Waals surface area contributed by atoms with E-state index in [1.54, 1.807) is 38.1 Å². The van der Waals surface area contributed by atoms with Crippen LogP contribution in [0.25, 0.3) is 0 Å². The van der Waals surface area contributed by atoms with Gasteiger partial charge in [-0.3, -0.25) is 28.8 Å². The van der Waals surface area contributed by atoms with Crippen LogP contribution in [0.2, 0.25) is 0 Å². The van der Waals surface area contributed by atoms with Crippen LogP contribution in [0.1, 0.15) is 160 Å². The summed E-state index contributed by atoms with van der Waals surface area (Å²) in [5.74, 6) is -5.02. The Morgan fingerprint density at radius 3 is 1.14 bits per heavy atom. The second-order valence-corrected chi connectivity index (χ2v) is 17.4. The lowest BCUT2D eigenvalue weighted by Crippen LogP contribution is -2.59. The normalized spacial score (nSPS) is 20.3. The molecule has 3 aromatic carbocycles. The molecule has 5 rings (SSSR count). The Bertz CT molecular complexity index is 2320. The number of rotatable bonds is 26. The van der Waals surface area contributed by atoms with Crippen molar-refractivity contribution in [3.05, 3.63) is 95.6 Å². The molecular weight excluding hydrogens is 1000 g/mol. The lowest BCUT2D eigenvalue weighted by atomic mass is 10.0. The molecule has 8 atom stereocenters. The van der Waals surface area contributed by atoms with E-state index in [1.165, 1.54) is 24.3 Å². The van der Waals surface area contributed by atoms with Gasteiger partial charge in [0.1, 0.15) is 29.2 Å². The molecule has 2 aliphatic heterocycles. The molecule has 1 N–H and O–H groups in total. The van der Waals surface area contributed by atoms with Gasteiger partial charge in [-0.25, -0.2) is 9.59 Å². The topological polar surface area (TPSA) is 258 Å². The van der Waals surface area contributed by atoms with Gasteiger partial charge in [-0.1, -0.05) is 111 Å². The first-order valence-corrected chi connectivity index (χ1v) is 25.5. The van der Waals surface area contributed by atoms with E-state index in [1.807, 2.05) is 58.0 Å². The summed E-state index contributed by atoms with van der Waals surface area (Å²) in [4.78, 5) is 99.1. The highest BCUT2D eigenvalue weighted by atomic mass is 16.7. The molecule has 20 heteroatoms. The van der Waals surface area contributed by atoms with E-state index in [4.69, 9.17) is 52.1 Å². The SMILES string of the molecule is C.C.CCCC(=O)O[C@@H]1[C@@H](OC(=O)CCC)[C@H](Oc2ccccc2C(=O)O)OC[C@H]1OC(=O)CCC.CCCC(=O)O[C@@H]1[C@@H](OC(=O)CCC)[C@H](Oc2ccccc2C(=O)OCc2ccccc2)OC[C@H]1OC(=O)CCC. The molecule has 77 heavy (non-hydrogen) atoms. The standard InChI is InChI=1S/C31H38O10.C24H32O10.2CH4/c1-4-12-25(32)38-24-20-37-31(29(41-27(34)14-6-3)28(24)40-26(33)13-5-2)39-23-18-11-10-17-22(23)30(35)36-19-21-15-8-7-9-16-21;1-4-9-18(25)31-17-14-30-24(32-16-13-8-7-12-15(16)23(28)29)22(34-20(27)11-6-3)21(17)33-19(26)10-5-2;;/h7-11,15-18,24,28-29,31H,4-6,12-14,19-20H2,1-3H3;7-8,12-13,17,21-22,24H,4-6,9-11,14H2,1-3H3,(H,28,29);2*1H4/t24-,28+,29-,31+;17-,21+,22-,24+;;/m11../s1. The lowest BCUT2D eigenvalue weighted by molar-refractivity contribution is -0.261. The molecule has 0 bridgehead atoms. The molecule has 0 amide bonds. The van der Waals surface area contributed by atoms with E-state index in [-0.39, 0.29) is 95.8 Å². The van der Waals surface area contributed by atoms with Crippen LogP contribution in [0.15, 0.2) is 78.9 Å². The minimum atomic E-state index is -1.30. The van der Waals surface area contributed by atoms with Crippen molar-refractivity contribution in [2.45, 2.75) is 189 Å². The number of carboxylic acid groups (broad SMARTS) is 1. The lowest BCUT2D eigenvalue weighted by Gasteiger charge is -2.40. The number of hydrogen-bond acceptors (Lipinski definition) is 19. The monoisotopic (exact) mass is 1080 g/mol. The van der Waals surface area contributed by atoms with Crippen molar-refractivity contribution >= 4 is 47.8 Å². The summed E-state index contributed by atoms with van der Waals surface area (Å²) in [7, 11) is 0. The van der Waals surface area contributed by atoms with Gasteiger partial charge in [0.15, 0.2) is 24.4 Å². The number of ether oxygens (including phenoxy) is 11. The number of benzene rings is 3. The van der Waals surface area contributed by atoms with Gasteiger partial charge in [-0.05, 0) is 68.4 Å². The summed E-state index contributed by atoms with van der Waals surface area (Å²) >= 11 is 0. The Morgan fingerprint density at radius 1 is 0.442 bits per heavy atom. The van der Waals surface area contributed by atoms with E-state index in [9.17, 15) is 43.5 Å². The minimum Gasteiger partial charge on any atom is -0.478 e. The Morgan fingerprint density at radius 2 is 0.766 bits per heavy atom. The largest absolute Gasteiger partial charge is 0.478 e. The molecule has 0 spiro atoms. The number of hydrogen-bond donors (Lipinski definition) is 1. The van der Waals surface area contributed by atoms with E-state index in [0.717, 1.165) is 5.56 Å². The molecule has 3 aromatic rings. The average molecular weight is 1080 g/mol. The summed E-state index contributed by atoms with van der Waals surface area (Å²) in [6.07, 6.45) is -5.70. The Labute approximate surface area is 451 Å². The predicted octanol–water partition coefficient (Wildman–Crippen LogP) is 9.44. The molecule has 20 nitrogen and oxygen atoms in total. The average Bonchev–Trinajstić information content (AvgIpc) is 3.37. The number of aromatic carboxylic acids is 1. The number of para-hydroxylation sites is 2. The van der Waals surface area contributed by atoms with E-state index in [0.29, 0.717) is 38.5 Å². The van der Waals surface area contributed by atoms with E-state index in [2.05, 4.69) is 0 Å². The van der Waals surface area contributed by atoms with Crippen molar-refractivity contribution in [1.29, 1.82) is 0 Å². The molecule has 2 fully saturated rings. The number of carboxylic acids is 1. The second-order valence-electron chi connectivity index (χ2n) is 17.4. The molecule has 0 unspecified atom stereocenters. The summed E-state index contributed by atoms with van der Waals surface area (Å²) in [5, 5.41) is 9.47. The maximum atomic E-state index is 13.0. The van der Waals surface area contributed by atoms with Gasteiger partial charge < -0.3 is 57.2 Å². The van der Waals surface area contributed by atoms with Gasteiger partial charge in [0.25, 0.3) is 0 Å². The zero-order valence-corrected chi connectivity index (χ0v) is 43.4. The number of carbonyl (C=O) groups is 8. The van der Waals surface area contributed by atoms with Gasteiger partial charge in [-0.2, -0.15) is 0 Å². The molecule has 2 aliphatic rings. The highest BCUT2D eigenvalue weighted by Crippen LogP contribution is 2.32. The van der Waals surface area contributed by atoms with Gasteiger partial charge in [0.2, 0.25) is 24.8 Å². The quantitative estimate of drug-likeness (QED) is 0.0579. The maximum absolute atomic E-state index is 13.0. The molecule has 0 aliphatic carbocycles. The first-order chi connectivity index (χ1) is 36.2. The fourth-order valence-corrected chi connectivity index (χ4v) is 7.49. The fraction of sp³-hybridized carbons (Fsp3) is 0.544. The first kappa shape index (κ1) is 66.1. The Balaban J connectivity index is 0.000000522. The number of esters is 7.